The molecule has 1 unspecified atom stereocenters. The van der Waals surface area contributed by atoms with Crippen LogP contribution in [0.1, 0.15) is 44.7 Å². The Bertz CT molecular complexity index is 450. The molecule has 0 fully saturated rings. The fourth-order valence-electron chi connectivity index (χ4n) is 2.62. The summed E-state index contributed by atoms with van der Waals surface area (Å²) in [6.45, 7) is 5.76. The van der Waals surface area contributed by atoms with Gasteiger partial charge < -0.3 is 10.4 Å². The van der Waals surface area contributed by atoms with Crippen molar-refractivity contribution in [2.45, 2.75) is 44.0 Å². The zero-order valence-corrected chi connectivity index (χ0v) is 13.9. The summed E-state index contributed by atoms with van der Waals surface area (Å²) in [6.07, 6.45) is 3.06. The van der Waals surface area contributed by atoms with E-state index in [0.717, 1.165) is 36.6 Å². The van der Waals surface area contributed by atoms with E-state index in [1.165, 1.54) is 10.5 Å². The Labute approximate surface area is 131 Å². The van der Waals surface area contributed by atoms with Crippen LogP contribution < -0.4 is 5.32 Å². The van der Waals surface area contributed by atoms with Crippen LogP contribution in [0.5, 0.6) is 0 Å². The van der Waals surface area contributed by atoms with E-state index in [0.29, 0.717) is 6.04 Å². The largest absolute Gasteiger partial charge is 0.396 e. The second-order valence-electron chi connectivity index (χ2n) is 6.24. The number of hydrogen-bond acceptors (Lipinski definition) is 3. The number of fused-ring (bicyclic) bond motifs is 1. The number of benzene rings is 1. The quantitative estimate of drug-likeness (QED) is 0.823. The summed E-state index contributed by atoms with van der Waals surface area (Å²) in [5, 5.41) is 13.5. The molecular weight excluding hydrogens is 290 g/mol. The maximum Gasteiger partial charge on any atom is 0.0431 e. The molecule has 0 aliphatic carbocycles. The standard InChI is InChI=1S/C16H24ClNOS/c1-16(2,7-3-8-19)11-18-14-6-9-20-15-5-4-12(17)10-13(14)15/h4-5,10,14,18-19H,3,6-9,11H2,1-2H3. The van der Waals surface area contributed by atoms with Gasteiger partial charge in [0.2, 0.25) is 0 Å². The Morgan fingerprint density at radius 3 is 3.00 bits per heavy atom. The van der Waals surface area contributed by atoms with E-state index in [9.17, 15) is 0 Å². The lowest BCUT2D eigenvalue weighted by Gasteiger charge is -2.31. The van der Waals surface area contributed by atoms with Crippen molar-refractivity contribution in [3.8, 4) is 0 Å². The van der Waals surface area contributed by atoms with Gasteiger partial charge in [-0.3, -0.25) is 0 Å². The molecule has 0 saturated carbocycles. The number of halogens is 1. The number of aliphatic hydroxyl groups is 1. The van der Waals surface area contributed by atoms with Gasteiger partial charge in [0.15, 0.2) is 0 Å². The minimum Gasteiger partial charge on any atom is -0.396 e. The molecule has 1 aromatic rings. The molecule has 1 aliphatic rings. The second kappa shape index (κ2) is 7.17. The Kier molecular flexibility index (Phi) is 5.79. The number of hydrogen-bond donors (Lipinski definition) is 2. The van der Waals surface area contributed by atoms with Gasteiger partial charge in [-0.15, -0.1) is 11.8 Å². The number of nitrogens with one attached hydrogen (secondary N) is 1. The fourth-order valence-corrected chi connectivity index (χ4v) is 3.91. The highest BCUT2D eigenvalue weighted by atomic mass is 35.5. The lowest BCUT2D eigenvalue weighted by molar-refractivity contribution is 0.231. The summed E-state index contributed by atoms with van der Waals surface area (Å²) in [5.41, 5.74) is 1.55. The van der Waals surface area contributed by atoms with Crippen molar-refractivity contribution in [2.75, 3.05) is 18.9 Å². The normalized spacial score (nSPS) is 18.9. The van der Waals surface area contributed by atoms with E-state index in [1.54, 1.807) is 0 Å². The minimum absolute atomic E-state index is 0.214. The second-order valence-corrected chi connectivity index (χ2v) is 7.82. The summed E-state index contributed by atoms with van der Waals surface area (Å²) in [4.78, 5) is 1.35. The first kappa shape index (κ1) is 16.2. The van der Waals surface area contributed by atoms with Crippen LogP contribution in [-0.4, -0.2) is 24.0 Å². The molecule has 0 aromatic heterocycles. The Morgan fingerprint density at radius 2 is 2.25 bits per heavy atom. The predicted octanol–water partition coefficient (Wildman–Crippen LogP) is 4.27. The van der Waals surface area contributed by atoms with Crippen molar-refractivity contribution in [2.24, 2.45) is 5.41 Å². The molecule has 1 aromatic carbocycles. The molecule has 1 atom stereocenters. The fraction of sp³-hybridized carbons (Fsp3) is 0.625. The van der Waals surface area contributed by atoms with Crippen LogP contribution >= 0.6 is 23.4 Å². The zero-order chi connectivity index (χ0) is 14.6. The number of rotatable bonds is 6. The van der Waals surface area contributed by atoms with Crippen LogP contribution in [0.3, 0.4) is 0 Å². The van der Waals surface area contributed by atoms with Crippen LogP contribution in [0.2, 0.25) is 5.02 Å². The monoisotopic (exact) mass is 313 g/mol. The lowest BCUT2D eigenvalue weighted by Crippen LogP contribution is -2.34. The molecule has 0 radical (unpaired) electrons. The molecule has 0 saturated heterocycles. The topological polar surface area (TPSA) is 32.3 Å². The third-order valence-corrected chi connectivity index (χ3v) is 5.21. The van der Waals surface area contributed by atoms with E-state index in [4.69, 9.17) is 16.7 Å². The van der Waals surface area contributed by atoms with Crippen LogP contribution in [0, 0.1) is 5.41 Å². The highest BCUT2D eigenvalue weighted by Crippen LogP contribution is 2.38. The van der Waals surface area contributed by atoms with E-state index in [2.05, 4.69) is 31.3 Å². The van der Waals surface area contributed by atoms with Gasteiger partial charge in [-0.2, -0.15) is 0 Å². The van der Waals surface area contributed by atoms with Gasteiger partial charge in [-0.1, -0.05) is 25.4 Å². The molecule has 4 heteroatoms. The van der Waals surface area contributed by atoms with Gasteiger partial charge >= 0.3 is 0 Å². The van der Waals surface area contributed by atoms with Gasteiger partial charge in [-0.25, -0.2) is 0 Å². The van der Waals surface area contributed by atoms with Gasteiger partial charge in [0.25, 0.3) is 0 Å². The van der Waals surface area contributed by atoms with Gasteiger partial charge in [-0.05, 0) is 54.2 Å². The molecule has 2 nitrogen and oxygen atoms in total. The average molecular weight is 314 g/mol. The molecule has 1 heterocycles. The highest BCUT2D eigenvalue weighted by molar-refractivity contribution is 7.99. The summed E-state index contributed by atoms with van der Waals surface area (Å²) in [6, 6.07) is 6.61. The van der Waals surface area contributed by atoms with E-state index in [1.807, 2.05) is 17.8 Å². The zero-order valence-electron chi connectivity index (χ0n) is 12.3. The van der Waals surface area contributed by atoms with Crippen molar-refractivity contribution in [3.05, 3.63) is 28.8 Å². The smallest absolute Gasteiger partial charge is 0.0431 e. The number of thioether (sulfide) groups is 1. The SMILES string of the molecule is CC(C)(CCCO)CNC1CCSc2ccc(Cl)cc21. The first-order valence-corrected chi connectivity index (χ1v) is 8.65. The third-order valence-electron chi connectivity index (χ3n) is 3.85. The first-order chi connectivity index (χ1) is 9.52. The minimum atomic E-state index is 0.214. The number of aliphatic hydroxyl groups excluding tert-OH is 1. The maximum atomic E-state index is 8.97. The summed E-state index contributed by atoms with van der Waals surface area (Å²) >= 11 is 8.05. The molecule has 0 amide bonds. The molecule has 0 bridgehead atoms. The Morgan fingerprint density at radius 1 is 1.45 bits per heavy atom. The summed E-state index contributed by atoms with van der Waals surface area (Å²) in [5.74, 6) is 1.16. The van der Waals surface area contributed by atoms with Crippen LogP contribution in [0.25, 0.3) is 0 Å². The molecule has 20 heavy (non-hydrogen) atoms. The maximum absolute atomic E-state index is 8.97. The highest BCUT2D eigenvalue weighted by Gasteiger charge is 2.24. The molecule has 1 aliphatic heterocycles. The van der Waals surface area contributed by atoms with Crippen molar-refractivity contribution in [1.29, 1.82) is 0 Å². The van der Waals surface area contributed by atoms with Crippen molar-refractivity contribution < 1.29 is 5.11 Å². The Hall–Kier alpha value is -0.220. The molecule has 2 rings (SSSR count). The van der Waals surface area contributed by atoms with E-state index < -0.39 is 0 Å². The molecular formula is C16H24ClNOS. The Balaban J connectivity index is 1.99. The summed E-state index contributed by atoms with van der Waals surface area (Å²) in [7, 11) is 0. The predicted molar refractivity (Wildman–Crippen MR) is 87.6 cm³/mol. The van der Waals surface area contributed by atoms with Gasteiger partial charge in [0.1, 0.15) is 0 Å². The van der Waals surface area contributed by atoms with Gasteiger partial charge in [0.05, 0.1) is 0 Å². The van der Waals surface area contributed by atoms with Gasteiger partial charge in [0, 0.05) is 29.1 Å². The third kappa shape index (κ3) is 4.39. The van der Waals surface area contributed by atoms with Crippen LogP contribution in [-0.2, 0) is 0 Å². The lowest BCUT2D eigenvalue weighted by atomic mass is 9.87. The molecule has 2 N–H and O–H groups in total. The molecule has 0 spiro atoms. The average Bonchev–Trinajstić information content (AvgIpc) is 2.43. The molecule has 112 valence electrons. The van der Waals surface area contributed by atoms with Crippen molar-refractivity contribution in [3.63, 3.8) is 0 Å². The van der Waals surface area contributed by atoms with E-state index >= 15 is 0 Å². The van der Waals surface area contributed by atoms with E-state index in [-0.39, 0.29) is 12.0 Å². The first-order valence-electron chi connectivity index (χ1n) is 7.28. The van der Waals surface area contributed by atoms with Crippen molar-refractivity contribution >= 4 is 23.4 Å². The van der Waals surface area contributed by atoms with Crippen molar-refractivity contribution in [1.82, 2.24) is 5.32 Å². The van der Waals surface area contributed by atoms with Crippen LogP contribution in [0.4, 0.5) is 0 Å². The van der Waals surface area contributed by atoms with Crippen LogP contribution in [0.15, 0.2) is 23.1 Å². The summed E-state index contributed by atoms with van der Waals surface area (Å²) < 4.78 is 0.